The lowest BCUT2D eigenvalue weighted by Crippen LogP contribution is -2.15. The Bertz CT molecular complexity index is 715. The fraction of sp³-hybridized carbons (Fsp3) is 0.214. The lowest BCUT2D eigenvalue weighted by Gasteiger charge is -2.06. The van der Waals surface area contributed by atoms with E-state index in [2.05, 4.69) is 4.98 Å². The first-order chi connectivity index (χ1) is 9.06. The van der Waals surface area contributed by atoms with E-state index in [0.29, 0.717) is 10.9 Å². The van der Waals surface area contributed by atoms with Gasteiger partial charge < -0.3 is 9.72 Å². The Morgan fingerprint density at radius 1 is 1.26 bits per heavy atom. The molecule has 0 fully saturated rings. The molecule has 0 radical (unpaired) electrons. The van der Waals surface area contributed by atoms with Gasteiger partial charge in [-0.05, 0) is 26.0 Å². The summed E-state index contributed by atoms with van der Waals surface area (Å²) in [5.41, 5.74) is 0.364. The second-order valence-electron chi connectivity index (χ2n) is 4.04. The lowest BCUT2D eigenvalue weighted by molar-refractivity contribution is 0.0528. The monoisotopic (exact) mass is 259 g/mol. The molecule has 1 N–H and O–H groups in total. The number of aromatic nitrogens is 1. The summed E-state index contributed by atoms with van der Waals surface area (Å²) in [7, 11) is 0. The Morgan fingerprint density at radius 3 is 2.63 bits per heavy atom. The number of para-hydroxylation sites is 1. The SMILES string of the molecule is CCOC(=O)c1cccc2c(=O)c(C(C)=O)c[nH]c12. The molecule has 1 aromatic carbocycles. The normalized spacial score (nSPS) is 10.4. The largest absolute Gasteiger partial charge is 0.462 e. The van der Waals surface area contributed by atoms with Gasteiger partial charge in [0.2, 0.25) is 0 Å². The van der Waals surface area contributed by atoms with Gasteiger partial charge in [-0.15, -0.1) is 0 Å². The zero-order valence-electron chi connectivity index (χ0n) is 10.6. The molecule has 0 saturated carbocycles. The van der Waals surface area contributed by atoms with Crippen LogP contribution in [0.25, 0.3) is 10.9 Å². The average Bonchev–Trinajstić information content (AvgIpc) is 2.38. The molecule has 0 amide bonds. The van der Waals surface area contributed by atoms with Crippen LogP contribution in [0.2, 0.25) is 0 Å². The van der Waals surface area contributed by atoms with Crippen molar-refractivity contribution in [2.45, 2.75) is 13.8 Å². The second-order valence-corrected chi connectivity index (χ2v) is 4.04. The first-order valence-electron chi connectivity index (χ1n) is 5.88. The molecule has 5 nitrogen and oxygen atoms in total. The van der Waals surface area contributed by atoms with Crippen LogP contribution < -0.4 is 5.43 Å². The Hall–Kier alpha value is -2.43. The molecule has 2 aromatic rings. The summed E-state index contributed by atoms with van der Waals surface area (Å²) in [6.07, 6.45) is 1.33. The van der Waals surface area contributed by atoms with Crippen molar-refractivity contribution in [1.29, 1.82) is 0 Å². The zero-order chi connectivity index (χ0) is 14.0. The van der Waals surface area contributed by atoms with E-state index < -0.39 is 5.97 Å². The summed E-state index contributed by atoms with van der Waals surface area (Å²) in [4.78, 5) is 38.0. The van der Waals surface area contributed by atoms with E-state index >= 15 is 0 Å². The van der Waals surface area contributed by atoms with E-state index in [0.717, 1.165) is 0 Å². The number of fused-ring (bicyclic) bond motifs is 1. The number of pyridine rings is 1. The van der Waals surface area contributed by atoms with E-state index in [1.165, 1.54) is 13.1 Å². The maximum absolute atomic E-state index is 12.1. The minimum Gasteiger partial charge on any atom is -0.462 e. The molecule has 5 heteroatoms. The second kappa shape index (κ2) is 5.06. The summed E-state index contributed by atoms with van der Waals surface area (Å²) in [6.45, 7) is 3.29. The number of esters is 1. The number of ether oxygens (including phenoxy) is 1. The van der Waals surface area contributed by atoms with Crippen LogP contribution in [0.4, 0.5) is 0 Å². The first-order valence-corrected chi connectivity index (χ1v) is 5.88. The highest BCUT2D eigenvalue weighted by atomic mass is 16.5. The molecule has 0 bridgehead atoms. The number of carbonyl (C=O) groups excluding carboxylic acids is 2. The van der Waals surface area contributed by atoms with E-state index in [1.807, 2.05) is 0 Å². The molecule has 0 aliphatic carbocycles. The third kappa shape index (κ3) is 2.27. The summed E-state index contributed by atoms with van der Waals surface area (Å²) < 4.78 is 4.93. The van der Waals surface area contributed by atoms with Gasteiger partial charge in [-0.1, -0.05) is 6.07 Å². The van der Waals surface area contributed by atoms with Crippen LogP contribution in [0, 0.1) is 0 Å². The molecule has 1 heterocycles. The van der Waals surface area contributed by atoms with Gasteiger partial charge in [0.05, 0.1) is 23.3 Å². The summed E-state index contributed by atoms with van der Waals surface area (Å²) in [5, 5.41) is 0.304. The van der Waals surface area contributed by atoms with Crippen molar-refractivity contribution in [1.82, 2.24) is 4.98 Å². The molecule has 2 rings (SSSR count). The van der Waals surface area contributed by atoms with Crippen molar-refractivity contribution in [3.05, 3.63) is 45.7 Å². The van der Waals surface area contributed by atoms with E-state index in [4.69, 9.17) is 4.74 Å². The molecule has 0 spiro atoms. The molecular weight excluding hydrogens is 246 g/mol. The number of carbonyl (C=O) groups is 2. The number of hydrogen-bond acceptors (Lipinski definition) is 4. The van der Waals surface area contributed by atoms with Gasteiger partial charge in [-0.25, -0.2) is 4.79 Å². The number of ketones is 1. The highest BCUT2D eigenvalue weighted by Gasteiger charge is 2.15. The topological polar surface area (TPSA) is 76.2 Å². The van der Waals surface area contributed by atoms with Crippen molar-refractivity contribution >= 4 is 22.7 Å². The van der Waals surface area contributed by atoms with Crippen LogP contribution in [-0.2, 0) is 4.74 Å². The Balaban J connectivity index is 2.72. The van der Waals surface area contributed by atoms with Crippen molar-refractivity contribution in [3.8, 4) is 0 Å². The predicted molar refractivity (Wildman–Crippen MR) is 70.5 cm³/mol. The Morgan fingerprint density at radius 2 is 2.00 bits per heavy atom. The highest BCUT2D eigenvalue weighted by molar-refractivity contribution is 6.04. The number of H-pyrrole nitrogens is 1. The van der Waals surface area contributed by atoms with Crippen LogP contribution in [0.5, 0.6) is 0 Å². The van der Waals surface area contributed by atoms with Gasteiger partial charge in [-0.3, -0.25) is 9.59 Å². The number of aromatic amines is 1. The maximum atomic E-state index is 12.1. The molecule has 19 heavy (non-hydrogen) atoms. The highest BCUT2D eigenvalue weighted by Crippen LogP contribution is 2.15. The third-order valence-corrected chi connectivity index (χ3v) is 2.79. The van der Waals surface area contributed by atoms with Gasteiger partial charge in [0.1, 0.15) is 0 Å². The van der Waals surface area contributed by atoms with Crippen molar-refractivity contribution < 1.29 is 14.3 Å². The van der Waals surface area contributed by atoms with Crippen LogP contribution in [0.1, 0.15) is 34.6 Å². The van der Waals surface area contributed by atoms with Crippen LogP contribution in [0.3, 0.4) is 0 Å². The van der Waals surface area contributed by atoms with Crippen molar-refractivity contribution in [3.63, 3.8) is 0 Å². The molecule has 98 valence electrons. The summed E-state index contributed by atoms with van der Waals surface area (Å²) in [5.74, 6) is -0.816. The van der Waals surface area contributed by atoms with Gasteiger partial charge in [0.25, 0.3) is 0 Å². The molecular formula is C14H13NO4. The van der Waals surface area contributed by atoms with E-state index in [1.54, 1.807) is 25.1 Å². The molecule has 0 aliphatic heterocycles. The number of benzene rings is 1. The fourth-order valence-electron chi connectivity index (χ4n) is 1.89. The number of nitrogens with one attached hydrogen (secondary N) is 1. The van der Waals surface area contributed by atoms with Crippen LogP contribution in [-0.4, -0.2) is 23.3 Å². The van der Waals surface area contributed by atoms with Gasteiger partial charge in [0.15, 0.2) is 11.2 Å². The Labute approximate surface area is 109 Å². The van der Waals surface area contributed by atoms with E-state index in [9.17, 15) is 14.4 Å². The Kier molecular flexibility index (Phi) is 3.46. The van der Waals surface area contributed by atoms with Gasteiger partial charge in [-0.2, -0.15) is 0 Å². The van der Waals surface area contributed by atoms with Crippen molar-refractivity contribution in [2.75, 3.05) is 6.61 Å². The third-order valence-electron chi connectivity index (χ3n) is 2.79. The minimum absolute atomic E-state index is 0.0773. The van der Waals surface area contributed by atoms with Crippen LogP contribution in [0.15, 0.2) is 29.2 Å². The zero-order valence-corrected chi connectivity index (χ0v) is 10.6. The van der Waals surface area contributed by atoms with Crippen molar-refractivity contribution in [2.24, 2.45) is 0 Å². The molecule has 0 atom stereocenters. The molecule has 1 aromatic heterocycles. The van der Waals surface area contributed by atoms with E-state index in [-0.39, 0.29) is 28.9 Å². The summed E-state index contributed by atoms with van der Waals surface area (Å²) >= 11 is 0. The standard InChI is InChI=1S/C14H13NO4/c1-3-19-14(18)10-6-4-5-9-12(10)15-7-11(8(2)16)13(9)17/h4-7H,3H2,1-2H3,(H,15,17). The minimum atomic E-state index is -0.501. The number of Topliss-reactive ketones (excluding diaryl/α,β-unsaturated/α-hetero) is 1. The van der Waals surface area contributed by atoms with Crippen LogP contribution >= 0.6 is 0 Å². The molecule has 0 unspecified atom stereocenters. The molecule has 0 aliphatic rings. The number of hydrogen-bond donors (Lipinski definition) is 1. The average molecular weight is 259 g/mol. The predicted octanol–water partition coefficient (Wildman–Crippen LogP) is 1.91. The number of rotatable bonds is 3. The maximum Gasteiger partial charge on any atom is 0.340 e. The van der Waals surface area contributed by atoms with Gasteiger partial charge in [0, 0.05) is 11.6 Å². The quantitative estimate of drug-likeness (QED) is 0.674. The smallest absolute Gasteiger partial charge is 0.340 e. The molecule has 0 saturated heterocycles. The fourth-order valence-corrected chi connectivity index (χ4v) is 1.89. The lowest BCUT2D eigenvalue weighted by atomic mass is 10.1. The van der Waals surface area contributed by atoms with Gasteiger partial charge >= 0.3 is 5.97 Å². The first kappa shape index (κ1) is 13.0. The summed E-state index contributed by atoms with van der Waals surface area (Å²) in [6, 6.07) is 4.74.